The van der Waals surface area contributed by atoms with Gasteiger partial charge in [0.05, 0.1) is 6.20 Å². The van der Waals surface area contributed by atoms with Crippen LogP contribution in [0.1, 0.15) is 12.8 Å². The number of hydrogen-bond acceptors (Lipinski definition) is 3. The fourth-order valence-electron chi connectivity index (χ4n) is 1.82. The molecular weight excluding hydrogens is 250 g/mol. The van der Waals surface area contributed by atoms with Crippen LogP contribution in [-0.4, -0.2) is 41.9 Å². The van der Waals surface area contributed by atoms with Gasteiger partial charge in [0.2, 0.25) is 0 Å². The third-order valence-electron chi connectivity index (χ3n) is 2.86. The van der Waals surface area contributed by atoms with Gasteiger partial charge in [0.15, 0.2) is 5.03 Å². The van der Waals surface area contributed by atoms with Gasteiger partial charge < -0.3 is 0 Å². The number of hydrogen-bond donors (Lipinski definition) is 1. The topological polar surface area (TPSA) is 66.1 Å². The van der Waals surface area contributed by atoms with E-state index >= 15 is 0 Å². The van der Waals surface area contributed by atoms with E-state index in [2.05, 4.69) is 10.2 Å². The van der Waals surface area contributed by atoms with Gasteiger partial charge >= 0.3 is 0 Å². The van der Waals surface area contributed by atoms with Crippen molar-refractivity contribution in [1.29, 1.82) is 0 Å². The molecule has 0 bridgehead atoms. The van der Waals surface area contributed by atoms with E-state index in [0.717, 1.165) is 12.8 Å². The zero-order chi connectivity index (χ0) is 11.8. The van der Waals surface area contributed by atoms with Crippen LogP contribution >= 0.6 is 11.6 Å². The SMILES string of the molecule is CN(CC1CC(Cl)C1)S(=O)(=O)c1ccn[nH]1. The lowest BCUT2D eigenvalue weighted by Gasteiger charge is -2.33. The highest BCUT2D eigenvalue weighted by Gasteiger charge is 2.32. The molecule has 0 unspecified atom stereocenters. The number of alkyl halides is 1. The number of H-pyrrole nitrogens is 1. The summed E-state index contributed by atoms with van der Waals surface area (Å²) in [4.78, 5) is 0. The van der Waals surface area contributed by atoms with Gasteiger partial charge in [-0.25, -0.2) is 8.42 Å². The molecule has 0 aliphatic heterocycles. The summed E-state index contributed by atoms with van der Waals surface area (Å²) in [6.07, 6.45) is 3.22. The van der Waals surface area contributed by atoms with Crippen LogP contribution in [0.4, 0.5) is 0 Å². The predicted molar refractivity (Wildman–Crippen MR) is 60.8 cm³/mol. The minimum absolute atomic E-state index is 0.136. The molecular formula is C9H14ClN3O2S. The standard InChI is InChI=1S/C9H14ClN3O2S/c1-13(6-7-4-8(10)5-7)16(14,15)9-2-3-11-12-9/h2-3,7-8H,4-6H2,1H3,(H,11,12). The van der Waals surface area contributed by atoms with Crippen LogP contribution in [0, 0.1) is 5.92 Å². The Hall–Kier alpha value is -0.590. The summed E-state index contributed by atoms with van der Waals surface area (Å²) in [5.74, 6) is 0.380. The molecule has 1 aromatic heterocycles. The maximum atomic E-state index is 12.0. The first-order valence-electron chi connectivity index (χ1n) is 5.10. The van der Waals surface area contributed by atoms with Gasteiger partial charge in [-0.05, 0) is 24.8 Å². The largest absolute Gasteiger partial charge is 0.266 e. The lowest BCUT2D eigenvalue weighted by atomic mass is 9.85. The average Bonchev–Trinajstić information content (AvgIpc) is 2.68. The first kappa shape index (κ1) is 11.9. The summed E-state index contributed by atoms with van der Waals surface area (Å²) in [6, 6.07) is 1.46. The van der Waals surface area contributed by atoms with Gasteiger partial charge in [0.1, 0.15) is 0 Å². The highest BCUT2D eigenvalue weighted by atomic mass is 35.5. The maximum Gasteiger partial charge on any atom is 0.259 e. The number of rotatable bonds is 4. The van der Waals surface area contributed by atoms with Crippen molar-refractivity contribution in [3.63, 3.8) is 0 Å². The maximum absolute atomic E-state index is 12.0. The second-order valence-electron chi connectivity index (χ2n) is 4.14. The van der Waals surface area contributed by atoms with Crippen molar-refractivity contribution in [2.75, 3.05) is 13.6 Å². The van der Waals surface area contributed by atoms with Crippen molar-refractivity contribution in [3.05, 3.63) is 12.3 Å². The van der Waals surface area contributed by atoms with E-state index in [9.17, 15) is 8.42 Å². The van der Waals surface area contributed by atoms with E-state index in [4.69, 9.17) is 11.6 Å². The molecule has 1 aromatic rings. The van der Waals surface area contributed by atoms with Gasteiger partial charge in [0.25, 0.3) is 10.0 Å². The van der Waals surface area contributed by atoms with Crippen molar-refractivity contribution in [2.24, 2.45) is 5.92 Å². The van der Waals surface area contributed by atoms with Crippen LogP contribution in [0.5, 0.6) is 0 Å². The molecule has 5 nitrogen and oxygen atoms in total. The van der Waals surface area contributed by atoms with Gasteiger partial charge in [-0.15, -0.1) is 11.6 Å². The summed E-state index contributed by atoms with van der Waals surface area (Å²) in [7, 11) is -1.83. The van der Waals surface area contributed by atoms with E-state index in [1.54, 1.807) is 7.05 Å². The zero-order valence-corrected chi connectivity index (χ0v) is 10.5. The fourth-order valence-corrected chi connectivity index (χ4v) is 3.47. The number of aromatic amines is 1. The molecule has 0 atom stereocenters. The first-order chi connectivity index (χ1) is 7.50. The average molecular weight is 264 g/mol. The molecule has 0 amide bonds. The fraction of sp³-hybridized carbons (Fsp3) is 0.667. The van der Waals surface area contributed by atoms with E-state index < -0.39 is 10.0 Å². The molecule has 1 fully saturated rings. The Bertz CT molecular complexity index is 439. The van der Waals surface area contributed by atoms with Crippen LogP contribution in [-0.2, 0) is 10.0 Å². The highest BCUT2D eigenvalue weighted by Crippen LogP contribution is 2.33. The molecule has 0 radical (unpaired) electrons. The molecule has 1 heterocycles. The Morgan fingerprint density at radius 2 is 2.31 bits per heavy atom. The molecule has 2 rings (SSSR count). The summed E-state index contributed by atoms with van der Waals surface area (Å²) in [6.45, 7) is 0.518. The van der Waals surface area contributed by atoms with Crippen LogP contribution in [0.15, 0.2) is 17.3 Å². The molecule has 1 N–H and O–H groups in total. The lowest BCUT2D eigenvalue weighted by Crippen LogP contribution is -2.38. The Morgan fingerprint density at radius 1 is 1.62 bits per heavy atom. The molecule has 1 aliphatic carbocycles. The van der Waals surface area contributed by atoms with E-state index in [1.165, 1.54) is 16.6 Å². The minimum Gasteiger partial charge on any atom is -0.266 e. The van der Waals surface area contributed by atoms with Gasteiger partial charge in [0, 0.05) is 19.0 Å². The summed E-state index contributed by atoms with van der Waals surface area (Å²) < 4.78 is 25.3. The Kier molecular flexibility index (Phi) is 3.23. The third-order valence-corrected chi connectivity index (χ3v) is 4.97. The first-order valence-corrected chi connectivity index (χ1v) is 6.97. The lowest BCUT2D eigenvalue weighted by molar-refractivity contribution is 0.268. The summed E-state index contributed by atoms with van der Waals surface area (Å²) in [5, 5.41) is 6.47. The van der Waals surface area contributed by atoms with Crippen LogP contribution < -0.4 is 0 Å². The Labute approximate surface area is 99.8 Å². The molecule has 16 heavy (non-hydrogen) atoms. The van der Waals surface area contributed by atoms with Crippen LogP contribution in [0.2, 0.25) is 0 Å². The molecule has 90 valence electrons. The zero-order valence-electron chi connectivity index (χ0n) is 8.93. The Balaban J connectivity index is 2.01. The number of halogens is 1. The van der Waals surface area contributed by atoms with Crippen LogP contribution in [0.3, 0.4) is 0 Å². The molecule has 1 aliphatic rings. The van der Waals surface area contributed by atoms with Crippen molar-refractivity contribution in [1.82, 2.24) is 14.5 Å². The number of nitrogens with one attached hydrogen (secondary N) is 1. The van der Waals surface area contributed by atoms with E-state index in [1.807, 2.05) is 0 Å². The quantitative estimate of drug-likeness (QED) is 0.826. The molecule has 1 saturated carbocycles. The molecule has 0 spiro atoms. The van der Waals surface area contributed by atoms with Gasteiger partial charge in [-0.3, -0.25) is 5.10 Å². The van der Waals surface area contributed by atoms with Gasteiger partial charge in [-0.1, -0.05) is 0 Å². The second kappa shape index (κ2) is 4.35. The monoisotopic (exact) mass is 263 g/mol. The summed E-state index contributed by atoms with van der Waals surface area (Å²) >= 11 is 5.86. The molecule has 7 heteroatoms. The van der Waals surface area contributed by atoms with Crippen molar-refractivity contribution < 1.29 is 8.42 Å². The van der Waals surface area contributed by atoms with Crippen molar-refractivity contribution >= 4 is 21.6 Å². The van der Waals surface area contributed by atoms with Crippen molar-refractivity contribution in [2.45, 2.75) is 23.2 Å². The van der Waals surface area contributed by atoms with Gasteiger partial charge in [-0.2, -0.15) is 9.40 Å². The number of sulfonamides is 1. The predicted octanol–water partition coefficient (Wildman–Crippen LogP) is 1.05. The number of nitrogens with zero attached hydrogens (tertiary/aromatic N) is 2. The second-order valence-corrected chi connectivity index (χ2v) is 6.77. The van der Waals surface area contributed by atoms with E-state index in [0.29, 0.717) is 12.5 Å². The van der Waals surface area contributed by atoms with Crippen molar-refractivity contribution in [3.8, 4) is 0 Å². The Morgan fingerprint density at radius 3 is 2.81 bits per heavy atom. The normalized spacial score (nSPS) is 25.7. The van der Waals surface area contributed by atoms with E-state index in [-0.39, 0.29) is 10.4 Å². The highest BCUT2D eigenvalue weighted by molar-refractivity contribution is 7.89. The number of aromatic nitrogens is 2. The molecule has 0 saturated heterocycles. The minimum atomic E-state index is -3.41. The smallest absolute Gasteiger partial charge is 0.259 e. The third kappa shape index (κ3) is 2.23. The molecule has 0 aromatic carbocycles. The summed E-state index contributed by atoms with van der Waals surface area (Å²) in [5.41, 5.74) is 0. The van der Waals surface area contributed by atoms with Crippen LogP contribution in [0.25, 0.3) is 0 Å².